The molecule has 17 heteroatoms. The minimum atomic E-state index is -5.26. The van der Waals surface area contributed by atoms with Gasteiger partial charge in [-0.05, 0) is 124 Å². The fourth-order valence-corrected chi connectivity index (χ4v) is 11.3. The summed E-state index contributed by atoms with van der Waals surface area (Å²) in [6.07, 6.45) is -9.49. The number of nitrogens with zero attached hydrogens (tertiary/aromatic N) is 1. The summed E-state index contributed by atoms with van der Waals surface area (Å²) in [6.45, 7) is 7.33. The second-order valence-electron chi connectivity index (χ2n) is 15.0. The maximum atomic E-state index is 13.3. The van der Waals surface area contributed by atoms with Gasteiger partial charge in [-0.3, -0.25) is 0 Å². The van der Waals surface area contributed by atoms with E-state index in [4.69, 9.17) is 9.73 Å². The van der Waals surface area contributed by atoms with Crippen molar-refractivity contribution < 1.29 is 74.5 Å². The van der Waals surface area contributed by atoms with E-state index in [1.807, 2.05) is 0 Å². The van der Waals surface area contributed by atoms with Crippen molar-refractivity contribution in [3.63, 3.8) is 0 Å². The van der Waals surface area contributed by atoms with Gasteiger partial charge in [0.05, 0.1) is 34.2 Å². The number of ether oxygens (including phenoxy) is 1. The summed E-state index contributed by atoms with van der Waals surface area (Å²) in [7, 11) is -3.31. The van der Waals surface area contributed by atoms with E-state index in [9.17, 15) is 52.7 Å². The van der Waals surface area contributed by atoms with Crippen LogP contribution < -0.4 is 21.2 Å². The van der Waals surface area contributed by atoms with Gasteiger partial charge in [0.1, 0.15) is 6.61 Å². The van der Waals surface area contributed by atoms with Gasteiger partial charge in [-0.2, -0.15) is 52.7 Å². The molecule has 1 heterocycles. The number of hydrogen-bond donors (Lipinski definition) is 0. The number of rotatable bonds is 7. The van der Waals surface area contributed by atoms with E-state index < -0.39 is 73.4 Å². The molecule has 7 rings (SSSR count). The van der Waals surface area contributed by atoms with Crippen molar-refractivity contribution >= 4 is 43.0 Å². The maximum Gasteiger partial charge on any atom is 2.00 e. The molecule has 0 spiro atoms. The van der Waals surface area contributed by atoms with Crippen LogP contribution in [0.25, 0.3) is 0 Å². The Morgan fingerprint density at radius 3 is 1.26 bits per heavy atom. The molecule has 3 aliphatic rings. The molecule has 4 aromatic rings. The SMILES string of the molecule is CC(C)(C)[C@H]1COC([C]2[CH][CH][CH][C]2P(c2ccccc2)c2ccccc2)=N1.FC(F)(F)c1cc(P([C]2[CH][CH][CH][CH]2)c2cc(C(F)(F)F)cc(C(F)(F)F)c2)cc(C(F)(F)F)c1.[Fe+2]. The largest absolute Gasteiger partial charge is 2.00 e. The molecule has 0 bridgehead atoms. The zero-order valence-electron chi connectivity index (χ0n) is 32.7. The van der Waals surface area contributed by atoms with Crippen LogP contribution in [0, 0.1) is 67.6 Å². The van der Waals surface area contributed by atoms with E-state index in [2.05, 4.69) is 101 Å². The van der Waals surface area contributed by atoms with Crippen molar-refractivity contribution in [1.82, 2.24) is 0 Å². The van der Waals surface area contributed by atoms with Crippen molar-refractivity contribution in [3.8, 4) is 0 Å². The number of halogens is 12. The van der Waals surface area contributed by atoms with Crippen LogP contribution >= 0.6 is 15.8 Å². The van der Waals surface area contributed by atoms with Crippen molar-refractivity contribution in [3.05, 3.63) is 181 Å². The molecule has 1 atom stereocenters. The predicted octanol–water partition coefficient (Wildman–Crippen LogP) is 12.3. The first-order valence-electron chi connectivity index (χ1n) is 18.4. The van der Waals surface area contributed by atoms with Crippen LogP contribution in [0.4, 0.5) is 52.7 Å². The molecule has 4 aromatic carbocycles. The van der Waals surface area contributed by atoms with Crippen LogP contribution in [0.2, 0.25) is 0 Å². The van der Waals surface area contributed by atoms with Crippen LogP contribution in [0.15, 0.2) is 102 Å². The summed E-state index contributed by atoms with van der Waals surface area (Å²) in [5.74, 6) is 1.94. The zero-order chi connectivity index (χ0) is 44.5. The first kappa shape index (κ1) is 49.9. The van der Waals surface area contributed by atoms with E-state index in [1.165, 1.54) is 42.0 Å². The molecule has 2 fully saturated rings. The fraction of sp³-hybridized carbons (Fsp3) is 0.222. The topological polar surface area (TPSA) is 21.6 Å². The minimum Gasteiger partial charge on any atom is -0.478 e. The van der Waals surface area contributed by atoms with Crippen molar-refractivity contribution in [2.24, 2.45) is 10.4 Å². The molecule has 10 radical (unpaired) electrons. The number of hydrogen-bond acceptors (Lipinski definition) is 2. The van der Waals surface area contributed by atoms with Gasteiger partial charge in [0, 0.05) is 11.3 Å². The molecule has 0 unspecified atom stereocenters. The van der Waals surface area contributed by atoms with Gasteiger partial charge in [-0.1, -0.05) is 81.4 Å². The fourth-order valence-electron chi connectivity index (χ4n) is 6.43. The molecular formula is C45H35F12FeNOP2+2. The standard InChI is InChI=1S/C24H25NOP.C21H10F12P.Fe/c1-24(2,3)22-17-26-23(25-22)20-15-10-16-21(20)27(18-11-6-4-7-12-18)19-13-8-5-9-14-19;22-18(23,24)11-5-12(19(25,26)27)8-16(7-11)34(15-3-1-2-4-15)17-9-13(20(28,29)30)6-14(10-17)21(31,32)33;/h4-16,22H,17H2,1-3H3;1-10H;/q;;+2/t22-;;/m1../s1. The van der Waals surface area contributed by atoms with Crippen molar-refractivity contribution in [2.45, 2.75) is 51.5 Å². The Balaban J connectivity index is 0.000000236. The number of benzene rings is 4. The van der Waals surface area contributed by atoms with Gasteiger partial charge < -0.3 is 4.74 Å². The average molecular weight is 952 g/mol. The zero-order valence-corrected chi connectivity index (χ0v) is 35.6. The van der Waals surface area contributed by atoms with Crippen molar-refractivity contribution in [2.75, 3.05) is 6.61 Å². The molecule has 2 nitrogen and oxygen atoms in total. The molecule has 2 saturated carbocycles. The summed E-state index contributed by atoms with van der Waals surface area (Å²) < 4.78 is 166. The summed E-state index contributed by atoms with van der Waals surface area (Å²) in [5, 5.41) is 1.26. The Bertz CT molecular complexity index is 1950. The first-order valence-corrected chi connectivity index (χ1v) is 21.1. The number of aliphatic imine (C=N–C) groups is 1. The first-order chi connectivity index (χ1) is 28.4. The van der Waals surface area contributed by atoms with Crippen molar-refractivity contribution in [1.29, 1.82) is 0 Å². The maximum absolute atomic E-state index is 13.3. The summed E-state index contributed by atoms with van der Waals surface area (Å²) >= 11 is 0. The predicted molar refractivity (Wildman–Crippen MR) is 215 cm³/mol. The van der Waals surface area contributed by atoms with Gasteiger partial charge in [0.25, 0.3) is 0 Å². The Morgan fingerprint density at radius 1 is 0.500 bits per heavy atom. The summed E-state index contributed by atoms with van der Waals surface area (Å²) in [5.41, 5.74) is -5.55. The third kappa shape index (κ3) is 12.2. The van der Waals surface area contributed by atoms with Gasteiger partial charge in [-0.25, -0.2) is 4.99 Å². The third-order valence-electron chi connectivity index (χ3n) is 9.51. The van der Waals surface area contributed by atoms with E-state index in [0.29, 0.717) is 30.9 Å². The molecule has 62 heavy (non-hydrogen) atoms. The molecule has 2 aliphatic carbocycles. The Kier molecular flexibility index (Phi) is 15.7. The van der Waals surface area contributed by atoms with E-state index >= 15 is 0 Å². The van der Waals surface area contributed by atoms with Crippen LogP contribution in [-0.2, 0) is 46.5 Å². The Hall–Kier alpha value is -3.11. The van der Waals surface area contributed by atoms with Crippen LogP contribution in [0.5, 0.6) is 0 Å². The third-order valence-corrected chi connectivity index (χ3v) is 14.4. The second-order valence-corrected chi connectivity index (χ2v) is 19.4. The van der Waals surface area contributed by atoms with Gasteiger partial charge in [0.2, 0.25) is 0 Å². The van der Waals surface area contributed by atoms with Gasteiger partial charge >= 0.3 is 41.8 Å². The van der Waals surface area contributed by atoms with E-state index in [-0.39, 0.29) is 46.3 Å². The number of alkyl halides is 12. The summed E-state index contributed by atoms with van der Waals surface area (Å²) in [4.78, 5) is 4.94. The quantitative estimate of drug-likeness (QED) is 0.103. The monoisotopic (exact) mass is 951 g/mol. The molecular weight excluding hydrogens is 916 g/mol. The smallest absolute Gasteiger partial charge is 0.478 e. The summed E-state index contributed by atoms with van der Waals surface area (Å²) in [6, 6.07) is 22.6. The van der Waals surface area contributed by atoms with Gasteiger partial charge in [0.15, 0.2) is 5.90 Å². The molecule has 0 amide bonds. The molecule has 326 valence electrons. The molecule has 0 aromatic heterocycles. The van der Waals surface area contributed by atoms with Crippen LogP contribution in [0.1, 0.15) is 43.0 Å². The second kappa shape index (κ2) is 19.6. The normalized spacial score (nSPS) is 18.4. The molecule has 0 saturated heterocycles. The molecule has 0 N–H and O–H groups in total. The minimum absolute atomic E-state index is 0. The van der Waals surface area contributed by atoms with Crippen LogP contribution in [0.3, 0.4) is 0 Å². The Morgan fingerprint density at radius 2 is 0.903 bits per heavy atom. The van der Waals surface area contributed by atoms with E-state index in [0.717, 1.165) is 11.8 Å². The van der Waals surface area contributed by atoms with E-state index in [1.54, 1.807) is 0 Å². The van der Waals surface area contributed by atoms with Crippen LogP contribution in [-0.4, -0.2) is 18.5 Å². The van der Waals surface area contributed by atoms with Gasteiger partial charge in [-0.15, -0.1) is 0 Å². The molecule has 1 aliphatic heterocycles. The Labute approximate surface area is 366 Å². The average Bonchev–Trinajstić information content (AvgIpc) is 3.98.